The van der Waals surface area contributed by atoms with Crippen molar-refractivity contribution in [2.24, 2.45) is 0 Å². The molecule has 0 atom stereocenters. The normalized spacial score (nSPS) is 9.00. The van der Waals surface area contributed by atoms with Crippen LogP contribution in [0.5, 0.6) is 5.75 Å². The SMILES string of the molecule is CC.CC.CC.CN(C(=O)Cc1ccc(O)cc1)c1ccc(Cc2ccccc2)cc1. The molecule has 3 aromatic rings. The average Bonchev–Trinajstić information content (AvgIpc) is 2.85. The number of rotatable bonds is 5. The summed E-state index contributed by atoms with van der Waals surface area (Å²) in [6.45, 7) is 12.0. The second-order valence-corrected chi connectivity index (χ2v) is 6.12. The fourth-order valence-corrected chi connectivity index (χ4v) is 2.72. The van der Waals surface area contributed by atoms with Gasteiger partial charge in [0.1, 0.15) is 5.75 Å². The van der Waals surface area contributed by atoms with Crippen molar-refractivity contribution in [2.75, 3.05) is 11.9 Å². The molecule has 3 heteroatoms. The van der Waals surface area contributed by atoms with Gasteiger partial charge < -0.3 is 10.0 Å². The number of amides is 1. The lowest BCUT2D eigenvalue weighted by molar-refractivity contribution is -0.117. The van der Waals surface area contributed by atoms with Gasteiger partial charge >= 0.3 is 0 Å². The van der Waals surface area contributed by atoms with Gasteiger partial charge in [-0.3, -0.25) is 4.79 Å². The van der Waals surface area contributed by atoms with Crippen molar-refractivity contribution >= 4 is 11.6 Å². The van der Waals surface area contributed by atoms with Crippen LogP contribution < -0.4 is 4.90 Å². The largest absolute Gasteiger partial charge is 0.508 e. The highest BCUT2D eigenvalue weighted by Gasteiger charge is 2.11. The summed E-state index contributed by atoms with van der Waals surface area (Å²) in [5, 5.41) is 9.31. The van der Waals surface area contributed by atoms with E-state index in [1.165, 1.54) is 11.1 Å². The second-order valence-electron chi connectivity index (χ2n) is 6.12. The van der Waals surface area contributed by atoms with Crippen LogP contribution in [-0.4, -0.2) is 18.1 Å². The third kappa shape index (κ3) is 9.99. The molecule has 0 aliphatic rings. The van der Waals surface area contributed by atoms with Crippen LogP contribution in [0.3, 0.4) is 0 Å². The molecule has 3 rings (SSSR count). The molecule has 0 heterocycles. The number of aromatic hydroxyl groups is 1. The van der Waals surface area contributed by atoms with Gasteiger partial charge in [-0.05, 0) is 47.4 Å². The summed E-state index contributed by atoms with van der Waals surface area (Å²) in [5.41, 5.74) is 4.25. The molecule has 0 aliphatic carbocycles. The standard InChI is InChI=1S/C22H21NO2.3C2H6/c1-23(22(25)16-19-9-13-21(24)14-10-19)20-11-7-18(8-12-20)15-17-5-3-2-4-6-17;3*1-2/h2-14,24H,15-16H2,1H3;3*1-2H3. The molecule has 1 amide bonds. The Kier molecular flexibility index (Phi) is 15.0. The minimum absolute atomic E-state index is 0.0153. The van der Waals surface area contributed by atoms with E-state index in [1.54, 1.807) is 36.2 Å². The molecule has 0 aliphatic heterocycles. The van der Waals surface area contributed by atoms with Crippen LogP contribution >= 0.6 is 0 Å². The molecule has 0 saturated heterocycles. The molecule has 0 aromatic heterocycles. The van der Waals surface area contributed by atoms with E-state index in [2.05, 4.69) is 24.3 Å². The predicted molar refractivity (Wildman–Crippen MR) is 135 cm³/mol. The molecule has 0 unspecified atom stereocenters. The first-order valence-corrected chi connectivity index (χ1v) is 11.3. The number of hydrogen-bond acceptors (Lipinski definition) is 2. The van der Waals surface area contributed by atoms with Crippen LogP contribution in [0.4, 0.5) is 5.69 Å². The Hall–Kier alpha value is -3.07. The molecule has 0 bridgehead atoms. The minimum Gasteiger partial charge on any atom is -0.508 e. The number of phenols is 1. The first-order valence-electron chi connectivity index (χ1n) is 11.3. The molecule has 0 saturated carbocycles. The highest BCUT2D eigenvalue weighted by atomic mass is 16.3. The summed E-state index contributed by atoms with van der Waals surface area (Å²) in [7, 11) is 1.79. The molecular weight excluding hydrogens is 382 g/mol. The number of nitrogens with zero attached hydrogens (tertiary/aromatic N) is 1. The average molecular weight is 422 g/mol. The molecule has 3 nitrogen and oxygen atoms in total. The molecule has 0 fully saturated rings. The molecule has 0 spiro atoms. The fourth-order valence-electron chi connectivity index (χ4n) is 2.72. The summed E-state index contributed by atoms with van der Waals surface area (Å²) in [6.07, 6.45) is 1.19. The van der Waals surface area contributed by atoms with Gasteiger partial charge in [0.05, 0.1) is 6.42 Å². The number of anilines is 1. The van der Waals surface area contributed by atoms with Gasteiger partial charge in [0.25, 0.3) is 0 Å². The third-order valence-corrected chi connectivity index (χ3v) is 4.24. The first kappa shape index (κ1) is 27.9. The van der Waals surface area contributed by atoms with Gasteiger partial charge in [-0.1, -0.05) is 96.1 Å². The van der Waals surface area contributed by atoms with E-state index >= 15 is 0 Å². The lowest BCUT2D eigenvalue weighted by Gasteiger charge is -2.18. The van der Waals surface area contributed by atoms with Crippen molar-refractivity contribution in [3.63, 3.8) is 0 Å². The Morgan fingerprint density at radius 1 is 0.677 bits per heavy atom. The quantitative estimate of drug-likeness (QED) is 0.471. The summed E-state index contributed by atoms with van der Waals surface area (Å²) in [6, 6.07) is 25.1. The van der Waals surface area contributed by atoms with Crippen LogP contribution in [-0.2, 0) is 17.6 Å². The van der Waals surface area contributed by atoms with E-state index in [1.807, 2.05) is 71.9 Å². The number of benzene rings is 3. The maximum atomic E-state index is 12.4. The summed E-state index contributed by atoms with van der Waals surface area (Å²) < 4.78 is 0. The fraction of sp³-hybridized carbons (Fsp3) is 0.321. The number of likely N-dealkylation sites (N-methyl/N-ethyl adjacent to an activating group) is 1. The zero-order valence-electron chi connectivity index (χ0n) is 20.2. The Balaban J connectivity index is 0.00000138. The molecule has 3 aromatic carbocycles. The number of phenolic OH excluding ortho intramolecular Hbond substituents is 1. The summed E-state index contributed by atoms with van der Waals surface area (Å²) >= 11 is 0. The van der Waals surface area contributed by atoms with Gasteiger partial charge in [0.2, 0.25) is 5.91 Å². The number of carbonyl (C=O) groups is 1. The maximum absolute atomic E-state index is 12.4. The molecule has 168 valence electrons. The first-order chi connectivity index (χ1) is 15.1. The monoisotopic (exact) mass is 421 g/mol. The Morgan fingerprint density at radius 2 is 1.13 bits per heavy atom. The van der Waals surface area contributed by atoms with E-state index in [-0.39, 0.29) is 11.7 Å². The van der Waals surface area contributed by atoms with Gasteiger partial charge in [0.15, 0.2) is 0 Å². The summed E-state index contributed by atoms with van der Waals surface area (Å²) in [4.78, 5) is 14.1. The zero-order valence-corrected chi connectivity index (χ0v) is 20.2. The smallest absolute Gasteiger partial charge is 0.231 e. The van der Waals surface area contributed by atoms with Gasteiger partial charge in [-0.2, -0.15) is 0 Å². The van der Waals surface area contributed by atoms with Crippen LogP contribution in [0.2, 0.25) is 0 Å². The van der Waals surface area contributed by atoms with E-state index < -0.39 is 0 Å². The molecular formula is C28H39NO2. The Bertz CT molecular complexity index is 825. The van der Waals surface area contributed by atoms with Crippen LogP contribution in [0, 0.1) is 0 Å². The van der Waals surface area contributed by atoms with E-state index in [9.17, 15) is 9.90 Å². The van der Waals surface area contributed by atoms with Crippen LogP contribution in [0.25, 0.3) is 0 Å². The predicted octanol–water partition coefficient (Wildman–Crippen LogP) is 7.27. The topological polar surface area (TPSA) is 40.5 Å². The van der Waals surface area contributed by atoms with Crippen LogP contribution in [0.1, 0.15) is 58.2 Å². The van der Waals surface area contributed by atoms with E-state index in [0.29, 0.717) is 6.42 Å². The van der Waals surface area contributed by atoms with E-state index in [0.717, 1.165) is 17.7 Å². The number of hydrogen-bond donors (Lipinski definition) is 1. The van der Waals surface area contributed by atoms with Crippen molar-refractivity contribution in [3.8, 4) is 5.75 Å². The molecule has 0 radical (unpaired) electrons. The van der Waals surface area contributed by atoms with Gasteiger partial charge in [0, 0.05) is 12.7 Å². The van der Waals surface area contributed by atoms with Crippen molar-refractivity contribution in [2.45, 2.75) is 54.4 Å². The second kappa shape index (κ2) is 16.7. The zero-order chi connectivity index (χ0) is 23.6. The highest BCUT2D eigenvalue weighted by Crippen LogP contribution is 2.18. The maximum Gasteiger partial charge on any atom is 0.231 e. The molecule has 31 heavy (non-hydrogen) atoms. The lowest BCUT2D eigenvalue weighted by Crippen LogP contribution is -2.27. The van der Waals surface area contributed by atoms with Gasteiger partial charge in [-0.25, -0.2) is 0 Å². The van der Waals surface area contributed by atoms with E-state index in [4.69, 9.17) is 0 Å². The van der Waals surface area contributed by atoms with Crippen molar-refractivity contribution in [1.29, 1.82) is 0 Å². The Morgan fingerprint density at radius 3 is 1.65 bits per heavy atom. The third-order valence-electron chi connectivity index (χ3n) is 4.24. The number of carbonyl (C=O) groups excluding carboxylic acids is 1. The van der Waals surface area contributed by atoms with Crippen molar-refractivity contribution < 1.29 is 9.90 Å². The molecule has 1 N–H and O–H groups in total. The summed E-state index contributed by atoms with van der Waals surface area (Å²) in [5.74, 6) is 0.222. The van der Waals surface area contributed by atoms with Crippen LogP contribution in [0.15, 0.2) is 78.9 Å². The van der Waals surface area contributed by atoms with Gasteiger partial charge in [-0.15, -0.1) is 0 Å². The highest BCUT2D eigenvalue weighted by molar-refractivity contribution is 5.94. The van der Waals surface area contributed by atoms with Crippen molar-refractivity contribution in [3.05, 3.63) is 95.6 Å². The minimum atomic E-state index is 0.0153. The Labute approximate surface area is 189 Å². The van der Waals surface area contributed by atoms with Crippen molar-refractivity contribution in [1.82, 2.24) is 0 Å². The lowest BCUT2D eigenvalue weighted by atomic mass is 10.0.